The highest BCUT2D eigenvalue weighted by Crippen LogP contribution is 2.27. The predicted octanol–water partition coefficient (Wildman–Crippen LogP) is 2.30. The highest BCUT2D eigenvalue weighted by Gasteiger charge is 2.12. The maximum atomic E-state index is 11.9. The van der Waals surface area contributed by atoms with E-state index in [4.69, 9.17) is 10.5 Å². The van der Waals surface area contributed by atoms with Gasteiger partial charge < -0.3 is 15.4 Å². The highest BCUT2D eigenvalue weighted by molar-refractivity contribution is 5.77. The molecule has 0 atom stereocenters. The Morgan fingerprint density at radius 2 is 2.10 bits per heavy atom. The number of hydrogen-bond acceptors (Lipinski definition) is 3. The molecular weight excluding hydrogens is 252 g/mol. The van der Waals surface area contributed by atoms with Crippen molar-refractivity contribution >= 4 is 5.91 Å². The van der Waals surface area contributed by atoms with Gasteiger partial charge in [-0.2, -0.15) is 0 Å². The maximum absolute atomic E-state index is 11.9. The summed E-state index contributed by atoms with van der Waals surface area (Å²) in [5.74, 6) is 1.16. The van der Waals surface area contributed by atoms with Crippen LogP contribution in [0, 0.1) is 6.92 Å². The lowest BCUT2D eigenvalue weighted by Gasteiger charge is -2.19. The first-order chi connectivity index (χ1) is 9.45. The molecule has 0 aliphatic rings. The normalized spacial score (nSPS) is 10.7. The molecule has 1 rings (SSSR count). The molecule has 2 N–H and O–H groups in total. The van der Waals surface area contributed by atoms with E-state index in [0.717, 1.165) is 23.3 Å². The Morgan fingerprint density at radius 3 is 2.70 bits per heavy atom. The number of carbonyl (C=O) groups excluding carboxylic acids is 1. The molecule has 4 nitrogen and oxygen atoms in total. The molecule has 0 aromatic heterocycles. The summed E-state index contributed by atoms with van der Waals surface area (Å²) in [5, 5.41) is 0. The molecule has 0 fully saturated rings. The summed E-state index contributed by atoms with van der Waals surface area (Å²) in [6.45, 7) is 7.59. The van der Waals surface area contributed by atoms with Crippen molar-refractivity contribution in [2.75, 3.05) is 26.7 Å². The lowest BCUT2D eigenvalue weighted by atomic mass is 10.0. The van der Waals surface area contributed by atoms with Crippen molar-refractivity contribution in [3.05, 3.63) is 29.3 Å². The number of ether oxygens (including phenoxy) is 1. The van der Waals surface area contributed by atoms with Crippen LogP contribution in [0.3, 0.4) is 0 Å². The van der Waals surface area contributed by atoms with Gasteiger partial charge in [0.2, 0.25) is 0 Å². The van der Waals surface area contributed by atoms with Crippen LogP contribution in [0.1, 0.15) is 37.3 Å². The lowest BCUT2D eigenvalue weighted by molar-refractivity contribution is -0.132. The molecule has 0 saturated carbocycles. The van der Waals surface area contributed by atoms with Crippen molar-refractivity contribution in [1.29, 1.82) is 0 Å². The Balaban J connectivity index is 2.65. The number of amides is 1. The average Bonchev–Trinajstić information content (AvgIpc) is 2.41. The molecule has 0 aliphatic heterocycles. The smallest absolute Gasteiger partial charge is 0.260 e. The number of aryl methyl sites for hydroxylation is 1. The Morgan fingerprint density at radius 1 is 1.40 bits per heavy atom. The van der Waals surface area contributed by atoms with E-state index in [-0.39, 0.29) is 12.5 Å². The molecule has 0 radical (unpaired) electrons. The number of likely N-dealkylation sites (N-methyl/N-ethyl adjacent to an activating group) is 1. The van der Waals surface area contributed by atoms with E-state index < -0.39 is 0 Å². The third-order valence-electron chi connectivity index (χ3n) is 3.27. The highest BCUT2D eigenvalue weighted by atomic mass is 16.5. The number of benzene rings is 1. The minimum Gasteiger partial charge on any atom is -0.483 e. The Labute approximate surface area is 121 Å². The second-order valence-corrected chi connectivity index (χ2v) is 5.44. The van der Waals surface area contributed by atoms with Crippen molar-refractivity contribution in [3.63, 3.8) is 0 Å². The van der Waals surface area contributed by atoms with E-state index in [1.165, 1.54) is 0 Å². The zero-order chi connectivity index (χ0) is 15.1. The molecule has 112 valence electrons. The van der Waals surface area contributed by atoms with Crippen LogP contribution < -0.4 is 10.5 Å². The molecule has 0 heterocycles. The fourth-order valence-electron chi connectivity index (χ4n) is 1.95. The second kappa shape index (κ2) is 7.90. The van der Waals surface area contributed by atoms with Gasteiger partial charge in [-0.15, -0.1) is 0 Å². The molecule has 0 bridgehead atoms. The molecule has 0 unspecified atom stereocenters. The van der Waals surface area contributed by atoms with Gasteiger partial charge in [-0.25, -0.2) is 0 Å². The minimum atomic E-state index is -0.0188. The molecule has 0 aliphatic carbocycles. The summed E-state index contributed by atoms with van der Waals surface area (Å²) >= 11 is 0. The Hall–Kier alpha value is -1.55. The third-order valence-corrected chi connectivity index (χ3v) is 3.27. The topological polar surface area (TPSA) is 55.6 Å². The van der Waals surface area contributed by atoms with Gasteiger partial charge in [0.25, 0.3) is 5.91 Å². The summed E-state index contributed by atoms with van der Waals surface area (Å²) in [6.07, 6.45) is 0.809. The van der Waals surface area contributed by atoms with E-state index in [1.807, 2.05) is 13.0 Å². The molecule has 20 heavy (non-hydrogen) atoms. The third kappa shape index (κ3) is 4.85. The summed E-state index contributed by atoms with van der Waals surface area (Å²) < 4.78 is 5.72. The van der Waals surface area contributed by atoms with Crippen LogP contribution in [0.2, 0.25) is 0 Å². The summed E-state index contributed by atoms with van der Waals surface area (Å²) in [4.78, 5) is 13.6. The number of nitrogens with two attached hydrogens (primary N) is 1. The zero-order valence-electron chi connectivity index (χ0n) is 13.0. The van der Waals surface area contributed by atoms with Gasteiger partial charge in [0.15, 0.2) is 6.61 Å². The quantitative estimate of drug-likeness (QED) is 0.832. The molecule has 1 amide bonds. The molecular formula is C16H26N2O2. The van der Waals surface area contributed by atoms with Crippen LogP contribution in [0.25, 0.3) is 0 Å². The van der Waals surface area contributed by atoms with Gasteiger partial charge in [0, 0.05) is 13.6 Å². The maximum Gasteiger partial charge on any atom is 0.260 e. The van der Waals surface area contributed by atoms with Crippen molar-refractivity contribution < 1.29 is 9.53 Å². The Kier molecular flexibility index (Phi) is 6.52. The van der Waals surface area contributed by atoms with Crippen LogP contribution in [0.5, 0.6) is 5.75 Å². The second-order valence-electron chi connectivity index (χ2n) is 5.44. The fourth-order valence-corrected chi connectivity index (χ4v) is 1.95. The van der Waals surface area contributed by atoms with Crippen molar-refractivity contribution in [1.82, 2.24) is 4.90 Å². The van der Waals surface area contributed by atoms with E-state index in [0.29, 0.717) is 19.0 Å². The van der Waals surface area contributed by atoms with E-state index in [9.17, 15) is 4.79 Å². The van der Waals surface area contributed by atoms with Crippen molar-refractivity contribution in [2.45, 2.75) is 33.1 Å². The Bertz CT molecular complexity index is 444. The first-order valence-electron chi connectivity index (χ1n) is 7.13. The molecule has 0 spiro atoms. The van der Waals surface area contributed by atoms with Crippen LogP contribution in [0.15, 0.2) is 18.2 Å². The average molecular weight is 278 g/mol. The summed E-state index contributed by atoms with van der Waals surface area (Å²) in [6, 6.07) is 6.12. The standard InChI is InChI=1S/C16H26N2O2/c1-12(2)14-7-6-13(3)10-15(14)20-11-16(19)18(4)9-5-8-17/h6-7,10,12H,5,8-9,11,17H2,1-4H3. The van der Waals surface area contributed by atoms with Gasteiger partial charge in [0.05, 0.1) is 0 Å². The minimum absolute atomic E-state index is 0.0188. The number of carbonyl (C=O) groups is 1. The largest absolute Gasteiger partial charge is 0.483 e. The van der Waals surface area contributed by atoms with E-state index in [1.54, 1.807) is 11.9 Å². The monoisotopic (exact) mass is 278 g/mol. The van der Waals surface area contributed by atoms with Crippen LogP contribution in [-0.2, 0) is 4.79 Å². The van der Waals surface area contributed by atoms with E-state index >= 15 is 0 Å². The van der Waals surface area contributed by atoms with Crippen LogP contribution in [-0.4, -0.2) is 37.6 Å². The van der Waals surface area contributed by atoms with E-state index in [2.05, 4.69) is 26.0 Å². The molecule has 0 saturated heterocycles. The molecule has 1 aromatic rings. The molecule has 4 heteroatoms. The first kappa shape index (κ1) is 16.5. The summed E-state index contributed by atoms with van der Waals surface area (Å²) in [5.41, 5.74) is 7.71. The number of rotatable bonds is 7. The first-order valence-corrected chi connectivity index (χ1v) is 7.13. The zero-order valence-corrected chi connectivity index (χ0v) is 13.0. The van der Waals surface area contributed by atoms with Gasteiger partial charge in [0.1, 0.15) is 5.75 Å². The predicted molar refractivity (Wildman–Crippen MR) is 82.1 cm³/mol. The molecule has 1 aromatic carbocycles. The van der Waals surface area contributed by atoms with Crippen LogP contribution in [0.4, 0.5) is 0 Å². The van der Waals surface area contributed by atoms with Gasteiger partial charge in [-0.05, 0) is 43.0 Å². The van der Waals surface area contributed by atoms with Crippen molar-refractivity contribution in [2.24, 2.45) is 5.73 Å². The van der Waals surface area contributed by atoms with Crippen molar-refractivity contribution in [3.8, 4) is 5.75 Å². The number of nitrogens with zero attached hydrogens (tertiary/aromatic N) is 1. The van der Waals surface area contributed by atoms with Crippen LogP contribution >= 0.6 is 0 Å². The SMILES string of the molecule is Cc1ccc(C(C)C)c(OCC(=O)N(C)CCCN)c1. The fraction of sp³-hybridized carbons (Fsp3) is 0.562. The van der Waals surface area contributed by atoms with Gasteiger partial charge in [-0.3, -0.25) is 4.79 Å². The number of hydrogen-bond donors (Lipinski definition) is 1. The lowest BCUT2D eigenvalue weighted by Crippen LogP contribution is -2.33. The van der Waals surface area contributed by atoms with Gasteiger partial charge in [-0.1, -0.05) is 26.0 Å². The summed E-state index contributed by atoms with van der Waals surface area (Å²) in [7, 11) is 1.78. The van der Waals surface area contributed by atoms with Gasteiger partial charge >= 0.3 is 0 Å².